The van der Waals surface area contributed by atoms with Crippen LogP contribution in [-0.2, 0) is 13.5 Å². The predicted molar refractivity (Wildman–Crippen MR) is 103 cm³/mol. The number of likely N-dealkylation sites (tertiary alicyclic amines) is 1. The van der Waals surface area contributed by atoms with Crippen LogP contribution in [0.25, 0.3) is 11.0 Å². The summed E-state index contributed by atoms with van der Waals surface area (Å²) in [6.45, 7) is 3.96. The number of β-amino-alcohol motifs (C(OH)–C–C–N with tert-alkyl or cyclic N) is 1. The number of carbonyl (C=O) groups is 1. The topological polar surface area (TPSA) is 134 Å². The van der Waals surface area contributed by atoms with E-state index in [1.165, 1.54) is 22.6 Å². The molecule has 3 aromatic rings. The van der Waals surface area contributed by atoms with Gasteiger partial charge in [-0.1, -0.05) is 5.16 Å². The molecule has 2 N–H and O–H groups in total. The van der Waals surface area contributed by atoms with Crippen molar-refractivity contribution in [3.63, 3.8) is 0 Å². The van der Waals surface area contributed by atoms with Crippen LogP contribution in [0.2, 0.25) is 0 Å². The minimum atomic E-state index is -0.721. The molecule has 0 radical (unpaired) electrons. The molecule has 10 nitrogen and oxygen atoms in total. The summed E-state index contributed by atoms with van der Waals surface area (Å²) in [7, 11) is 1.48. The maximum Gasteiger partial charge on any atom is 0.329 e. The number of H-pyrrole nitrogens is 1. The Bertz CT molecular complexity index is 1220. The van der Waals surface area contributed by atoms with E-state index in [1.54, 1.807) is 13.0 Å². The van der Waals surface area contributed by atoms with Crippen molar-refractivity contribution in [1.82, 2.24) is 24.6 Å². The molecule has 1 aliphatic heterocycles. The molecule has 0 unspecified atom stereocenters. The third-order valence-corrected chi connectivity index (χ3v) is 5.26. The van der Waals surface area contributed by atoms with Gasteiger partial charge in [0.05, 0.1) is 22.7 Å². The smallest absolute Gasteiger partial charge is 0.329 e. The Hall–Kier alpha value is -3.27. The first-order chi connectivity index (χ1) is 13.7. The van der Waals surface area contributed by atoms with E-state index in [1.807, 2.05) is 6.92 Å². The Morgan fingerprint density at radius 2 is 2.03 bits per heavy atom. The number of pyridine rings is 1. The van der Waals surface area contributed by atoms with Crippen LogP contribution in [0.3, 0.4) is 0 Å². The van der Waals surface area contributed by atoms with E-state index in [2.05, 4.69) is 15.1 Å². The Morgan fingerprint density at radius 3 is 2.72 bits per heavy atom. The molecule has 1 aliphatic rings. The first-order valence-corrected chi connectivity index (χ1v) is 9.24. The summed E-state index contributed by atoms with van der Waals surface area (Å²) in [5, 5.41) is 14.4. The molecule has 1 amide bonds. The number of aromatic amines is 1. The maximum absolute atomic E-state index is 13.2. The lowest BCUT2D eigenvalue weighted by molar-refractivity contribution is 0.0766. The highest BCUT2D eigenvalue weighted by Crippen LogP contribution is 2.25. The van der Waals surface area contributed by atoms with Crippen molar-refractivity contribution in [2.24, 2.45) is 13.0 Å². The summed E-state index contributed by atoms with van der Waals surface area (Å²) in [6, 6.07) is 3.33. The fourth-order valence-corrected chi connectivity index (χ4v) is 3.79. The van der Waals surface area contributed by atoms with Gasteiger partial charge in [-0.15, -0.1) is 0 Å². The van der Waals surface area contributed by atoms with E-state index in [0.717, 1.165) is 5.69 Å². The van der Waals surface area contributed by atoms with Crippen LogP contribution in [0.15, 0.2) is 26.2 Å². The number of carbonyl (C=O) groups excluding carboxylic acids is 1. The van der Waals surface area contributed by atoms with Crippen molar-refractivity contribution < 1.29 is 14.4 Å². The second kappa shape index (κ2) is 6.96. The van der Waals surface area contributed by atoms with Crippen LogP contribution < -0.4 is 11.2 Å². The van der Waals surface area contributed by atoms with E-state index in [4.69, 9.17) is 4.52 Å². The molecule has 3 aromatic heterocycles. The van der Waals surface area contributed by atoms with Gasteiger partial charge in [0.2, 0.25) is 0 Å². The highest BCUT2D eigenvalue weighted by molar-refractivity contribution is 6.05. The maximum atomic E-state index is 13.2. The van der Waals surface area contributed by atoms with Crippen LogP contribution in [0.1, 0.15) is 27.5 Å². The second-order valence-corrected chi connectivity index (χ2v) is 7.50. The molecular formula is C19H21N5O5. The van der Waals surface area contributed by atoms with Crippen LogP contribution in [0.4, 0.5) is 0 Å². The van der Waals surface area contributed by atoms with Crippen molar-refractivity contribution in [2.45, 2.75) is 26.4 Å². The second-order valence-electron chi connectivity index (χ2n) is 7.50. The fraction of sp³-hybridized carbons (Fsp3) is 0.421. The molecule has 0 saturated carbocycles. The van der Waals surface area contributed by atoms with Crippen LogP contribution >= 0.6 is 0 Å². The third-order valence-electron chi connectivity index (χ3n) is 5.26. The first-order valence-electron chi connectivity index (χ1n) is 9.24. The van der Waals surface area contributed by atoms with Gasteiger partial charge in [0.25, 0.3) is 11.5 Å². The molecule has 10 heteroatoms. The molecule has 0 spiro atoms. The molecule has 1 fully saturated rings. The fourth-order valence-electron chi connectivity index (χ4n) is 3.79. The van der Waals surface area contributed by atoms with Crippen LogP contribution in [-0.4, -0.2) is 54.8 Å². The summed E-state index contributed by atoms with van der Waals surface area (Å²) in [5.41, 5.74) is 0.312. The number of aliphatic hydroxyl groups excluding tert-OH is 1. The average molecular weight is 399 g/mol. The van der Waals surface area contributed by atoms with Gasteiger partial charge in [0.15, 0.2) is 0 Å². The highest BCUT2D eigenvalue weighted by atomic mass is 16.5. The SMILES string of the molecule is Cc1cc(C[C@@H]2CN(C(=O)c3cc(C)nc4c3c(=O)[nH]c(=O)n4C)C[C@H]2O)on1. The van der Waals surface area contributed by atoms with Gasteiger partial charge in [-0.25, -0.2) is 9.78 Å². The Labute approximate surface area is 164 Å². The van der Waals surface area contributed by atoms with Gasteiger partial charge in [-0.3, -0.25) is 19.1 Å². The van der Waals surface area contributed by atoms with Gasteiger partial charge in [-0.2, -0.15) is 0 Å². The number of amides is 1. The molecule has 152 valence electrons. The number of hydrogen-bond acceptors (Lipinski definition) is 7. The van der Waals surface area contributed by atoms with Crippen LogP contribution in [0, 0.1) is 19.8 Å². The van der Waals surface area contributed by atoms with Crippen molar-refractivity contribution in [1.29, 1.82) is 0 Å². The first kappa shape index (κ1) is 19.1. The van der Waals surface area contributed by atoms with Crippen molar-refractivity contribution in [2.75, 3.05) is 13.1 Å². The Morgan fingerprint density at radius 1 is 1.28 bits per heavy atom. The molecule has 29 heavy (non-hydrogen) atoms. The number of aryl methyl sites for hydroxylation is 3. The molecule has 0 bridgehead atoms. The minimum absolute atomic E-state index is 0.0616. The van der Waals surface area contributed by atoms with Crippen molar-refractivity contribution in [3.8, 4) is 0 Å². The normalized spacial score (nSPS) is 19.2. The summed E-state index contributed by atoms with van der Waals surface area (Å²) in [5.74, 6) is 0.0561. The lowest BCUT2D eigenvalue weighted by Crippen LogP contribution is -2.34. The number of aliphatic hydroxyl groups is 1. The number of nitrogens with zero attached hydrogens (tertiary/aromatic N) is 4. The molecular weight excluding hydrogens is 378 g/mol. The third kappa shape index (κ3) is 3.35. The zero-order valence-corrected chi connectivity index (χ0v) is 16.3. The number of hydrogen-bond donors (Lipinski definition) is 2. The molecule has 4 heterocycles. The summed E-state index contributed by atoms with van der Waals surface area (Å²) in [4.78, 5) is 45.5. The minimum Gasteiger partial charge on any atom is -0.391 e. The predicted octanol–water partition coefficient (Wildman–Crippen LogP) is -0.0978. The number of rotatable bonds is 3. The Balaban J connectivity index is 1.68. The molecule has 0 aromatic carbocycles. The van der Waals surface area contributed by atoms with Gasteiger partial charge in [0.1, 0.15) is 11.4 Å². The molecule has 2 atom stereocenters. The molecule has 0 aliphatic carbocycles. The summed E-state index contributed by atoms with van der Waals surface area (Å²) in [6.07, 6.45) is -0.266. The zero-order valence-electron chi connectivity index (χ0n) is 16.3. The number of fused-ring (bicyclic) bond motifs is 1. The lowest BCUT2D eigenvalue weighted by atomic mass is 10.0. The van der Waals surface area contributed by atoms with E-state index in [9.17, 15) is 19.5 Å². The zero-order chi connectivity index (χ0) is 20.9. The van der Waals surface area contributed by atoms with E-state index >= 15 is 0 Å². The van der Waals surface area contributed by atoms with Gasteiger partial charge in [0, 0.05) is 44.2 Å². The van der Waals surface area contributed by atoms with Gasteiger partial charge < -0.3 is 14.5 Å². The molecule has 4 rings (SSSR count). The van der Waals surface area contributed by atoms with E-state index in [0.29, 0.717) is 24.4 Å². The quantitative estimate of drug-likeness (QED) is 0.628. The Kier molecular flexibility index (Phi) is 4.58. The summed E-state index contributed by atoms with van der Waals surface area (Å²) < 4.78 is 6.42. The van der Waals surface area contributed by atoms with Gasteiger partial charge in [-0.05, 0) is 19.9 Å². The average Bonchev–Trinajstić information content (AvgIpc) is 3.24. The largest absolute Gasteiger partial charge is 0.391 e. The number of aromatic nitrogens is 4. The van der Waals surface area contributed by atoms with E-state index < -0.39 is 17.4 Å². The van der Waals surface area contributed by atoms with E-state index in [-0.39, 0.29) is 35.0 Å². The lowest BCUT2D eigenvalue weighted by Gasteiger charge is -2.17. The summed E-state index contributed by atoms with van der Waals surface area (Å²) >= 11 is 0. The van der Waals surface area contributed by atoms with Crippen molar-refractivity contribution in [3.05, 3.63) is 55.7 Å². The van der Waals surface area contributed by atoms with Gasteiger partial charge >= 0.3 is 5.69 Å². The monoisotopic (exact) mass is 399 g/mol. The molecule has 1 saturated heterocycles. The van der Waals surface area contributed by atoms with Crippen molar-refractivity contribution >= 4 is 16.9 Å². The van der Waals surface area contributed by atoms with Crippen LogP contribution in [0.5, 0.6) is 0 Å². The number of nitrogens with one attached hydrogen (secondary N) is 1. The standard InChI is InChI=1S/C19H21N5O5/c1-9-5-13(15-16(20-9)23(3)19(28)21-17(15)26)18(27)24-7-11(14(25)8-24)6-12-4-10(2)22-29-12/h4-5,11,14,25H,6-8H2,1-3H3,(H,21,26,28)/t11-,14-/m1/s1. The highest BCUT2D eigenvalue weighted by Gasteiger charge is 2.36.